The number of nitrogens with zero attached hydrogens (tertiary/aromatic N) is 1. The Morgan fingerprint density at radius 1 is 1.31 bits per heavy atom. The van der Waals surface area contributed by atoms with Gasteiger partial charge in [-0.1, -0.05) is 0 Å². The predicted octanol–water partition coefficient (Wildman–Crippen LogP) is 1.49. The van der Waals surface area contributed by atoms with Gasteiger partial charge in [0.05, 0.1) is 6.10 Å². The molecule has 0 aromatic rings. The van der Waals surface area contributed by atoms with Gasteiger partial charge in [0.15, 0.2) is 0 Å². The Bertz CT molecular complexity index is 200. The van der Waals surface area contributed by atoms with Crippen LogP contribution in [0.15, 0.2) is 0 Å². The van der Waals surface area contributed by atoms with E-state index in [9.17, 15) is 0 Å². The highest BCUT2D eigenvalue weighted by Gasteiger charge is 2.33. The van der Waals surface area contributed by atoms with Crippen LogP contribution >= 0.6 is 0 Å². The molecule has 94 valence electrons. The van der Waals surface area contributed by atoms with Crippen LogP contribution in [-0.4, -0.2) is 49.8 Å². The van der Waals surface area contributed by atoms with Gasteiger partial charge in [-0.25, -0.2) is 0 Å². The average molecular weight is 226 g/mol. The summed E-state index contributed by atoms with van der Waals surface area (Å²) < 4.78 is 5.54. The van der Waals surface area contributed by atoms with E-state index >= 15 is 0 Å². The molecule has 2 bridgehead atoms. The second-order valence-electron chi connectivity index (χ2n) is 5.47. The zero-order valence-electron chi connectivity index (χ0n) is 10.7. The van der Waals surface area contributed by atoms with Crippen molar-refractivity contribution in [2.45, 2.75) is 45.3 Å². The van der Waals surface area contributed by atoms with Gasteiger partial charge in [-0.3, -0.25) is 0 Å². The molecule has 3 heterocycles. The Morgan fingerprint density at radius 3 is 2.62 bits per heavy atom. The first-order valence-electron chi connectivity index (χ1n) is 6.83. The van der Waals surface area contributed by atoms with Crippen LogP contribution in [0, 0.1) is 5.92 Å². The molecule has 3 heteroatoms. The third-order valence-electron chi connectivity index (χ3n) is 3.83. The van der Waals surface area contributed by atoms with Crippen LogP contribution in [0.2, 0.25) is 0 Å². The summed E-state index contributed by atoms with van der Waals surface area (Å²) in [5.74, 6) is 0.941. The fourth-order valence-corrected chi connectivity index (χ4v) is 2.87. The summed E-state index contributed by atoms with van der Waals surface area (Å²) in [7, 11) is 0. The van der Waals surface area contributed by atoms with Crippen LogP contribution in [-0.2, 0) is 4.74 Å². The molecule has 1 atom stereocenters. The van der Waals surface area contributed by atoms with Crippen LogP contribution in [0.1, 0.15) is 33.1 Å². The van der Waals surface area contributed by atoms with Crippen molar-refractivity contribution in [3.63, 3.8) is 0 Å². The van der Waals surface area contributed by atoms with Crippen molar-refractivity contribution in [3.8, 4) is 0 Å². The summed E-state index contributed by atoms with van der Waals surface area (Å²) in [4.78, 5) is 2.60. The molecular formula is C13H26N2O. The number of piperidine rings is 3. The summed E-state index contributed by atoms with van der Waals surface area (Å²) >= 11 is 0. The van der Waals surface area contributed by atoms with E-state index in [0.717, 1.165) is 31.5 Å². The van der Waals surface area contributed by atoms with Gasteiger partial charge in [-0.05, 0) is 58.7 Å². The Kier molecular flexibility index (Phi) is 4.62. The second kappa shape index (κ2) is 5.99. The highest BCUT2D eigenvalue weighted by molar-refractivity contribution is 4.90. The molecule has 0 spiro atoms. The lowest BCUT2D eigenvalue weighted by molar-refractivity contribution is 0.0623. The minimum atomic E-state index is 0.372. The first-order valence-corrected chi connectivity index (χ1v) is 6.83. The van der Waals surface area contributed by atoms with Gasteiger partial charge in [0, 0.05) is 19.2 Å². The molecule has 3 aliphatic rings. The number of hydrogen-bond acceptors (Lipinski definition) is 3. The van der Waals surface area contributed by atoms with Crippen molar-refractivity contribution in [3.05, 3.63) is 0 Å². The first kappa shape index (κ1) is 12.3. The molecule has 3 rings (SSSR count). The van der Waals surface area contributed by atoms with Crippen molar-refractivity contribution in [1.82, 2.24) is 10.2 Å². The van der Waals surface area contributed by atoms with Crippen molar-refractivity contribution in [2.75, 3.05) is 32.8 Å². The Labute approximate surface area is 99.5 Å². The average Bonchev–Trinajstić information content (AvgIpc) is 2.30. The summed E-state index contributed by atoms with van der Waals surface area (Å²) in [5, 5.41) is 3.71. The normalized spacial score (nSPS) is 33.6. The van der Waals surface area contributed by atoms with Gasteiger partial charge in [-0.2, -0.15) is 0 Å². The van der Waals surface area contributed by atoms with Crippen LogP contribution in [0.25, 0.3) is 0 Å². The van der Waals surface area contributed by atoms with Crippen molar-refractivity contribution < 1.29 is 4.74 Å². The molecule has 0 aromatic heterocycles. The van der Waals surface area contributed by atoms with E-state index in [0.29, 0.717) is 6.10 Å². The van der Waals surface area contributed by atoms with Gasteiger partial charge >= 0.3 is 0 Å². The monoisotopic (exact) mass is 226 g/mol. The molecule has 3 aliphatic heterocycles. The Hall–Kier alpha value is -0.120. The van der Waals surface area contributed by atoms with E-state index in [4.69, 9.17) is 4.74 Å². The van der Waals surface area contributed by atoms with Crippen LogP contribution < -0.4 is 5.32 Å². The van der Waals surface area contributed by atoms with Crippen molar-refractivity contribution >= 4 is 0 Å². The molecule has 3 fully saturated rings. The SMILES string of the molecule is CC(C)OCCCNC1CN2CCC1CC2. The minimum Gasteiger partial charge on any atom is -0.379 e. The number of fused-ring (bicyclic) bond motifs is 3. The standard InChI is InChI=1S/C13H26N2O/c1-11(2)16-9-3-6-14-13-10-15-7-4-12(13)5-8-15/h11-14H,3-10H2,1-2H3. The lowest BCUT2D eigenvalue weighted by atomic mass is 9.84. The largest absolute Gasteiger partial charge is 0.379 e. The van der Waals surface area contributed by atoms with Crippen LogP contribution in [0.3, 0.4) is 0 Å². The molecule has 3 saturated heterocycles. The number of ether oxygens (including phenoxy) is 1. The predicted molar refractivity (Wildman–Crippen MR) is 66.7 cm³/mol. The highest BCUT2D eigenvalue weighted by atomic mass is 16.5. The summed E-state index contributed by atoms with van der Waals surface area (Å²) in [6, 6.07) is 0.751. The van der Waals surface area contributed by atoms with Crippen LogP contribution in [0.4, 0.5) is 0 Å². The zero-order valence-corrected chi connectivity index (χ0v) is 10.7. The third-order valence-corrected chi connectivity index (χ3v) is 3.83. The van der Waals surface area contributed by atoms with Gasteiger partial charge in [0.2, 0.25) is 0 Å². The van der Waals surface area contributed by atoms with E-state index in [1.807, 2.05) is 0 Å². The second-order valence-corrected chi connectivity index (χ2v) is 5.47. The number of nitrogens with one attached hydrogen (secondary N) is 1. The first-order chi connectivity index (χ1) is 7.75. The smallest absolute Gasteiger partial charge is 0.0518 e. The molecule has 0 saturated carbocycles. The van der Waals surface area contributed by atoms with Gasteiger partial charge < -0.3 is 15.0 Å². The van der Waals surface area contributed by atoms with Crippen LogP contribution in [0.5, 0.6) is 0 Å². The molecule has 16 heavy (non-hydrogen) atoms. The molecule has 3 nitrogen and oxygen atoms in total. The minimum absolute atomic E-state index is 0.372. The maximum absolute atomic E-state index is 5.54. The molecule has 0 radical (unpaired) electrons. The molecule has 0 amide bonds. The highest BCUT2D eigenvalue weighted by Crippen LogP contribution is 2.27. The summed E-state index contributed by atoms with van der Waals surface area (Å²) in [5.41, 5.74) is 0. The molecule has 0 aliphatic carbocycles. The van der Waals surface area contributed by atoms with Gasteiger partial charge in [0.25, 0.3) is 0 Å². The lowest BCUT2D eigenvalue weighted by Crippen LogP contribution is -2.56. The maximum Gasteiger partial charge on any atom is 0.0518 e. The molecular weight excluding hydrogens is 200 g/mol. The summed E-state index contributed by atoms with van der Waals surface area (Å²) in [6.45, 7) is 10.1. The Balaban J connectivity index is 1.56. The zero-order chi connectivity index (χ0) is 11.4. The van der Waals surface area contributed by atoms with Gasteiger partial charge in [-0.15, -0.1) is 0 Å². The van der Waals surface area contributed by atoms with E-state index < -0.39 is 0 Å². The van der Waals surface area contributed by atoms with E-state index in [1.165, 1.54) is 32.5 Å². The van der Waals surface area contributed by atoms with Gasteiger partial charge in [0.1, 0.15) is 0 Å². The fourth-order valence-electron chi connectivity index (χ4n) is 2.87. The van der Waals surface area contributed by atoms with E-state index in [2.05, 4.69) is 24.1 Å². The number of hydrogen-bond donors (Lipinski definition) is 1. The fraction of sp³-hybridized carbons (Fsp3) is 1.00. The lowest BCUT2D eigenvalue weighted by Gasteiger charge is -2.45. The Morgan fingerprint density at radius 2 is 2.06 bits per heavy atom. The maximum atomic E-state index is 5.54. The third kappa shape index (κ3) is 3.44. The van der Waals surface area contributed by atoms with E-state index in [-0.39, 0.29) is 0 Å². The molecule has 0 aromatic carbocycles. The molecule has 1 N–H and O–H groups in total. The summed E-state index contributed by atoms with van der Waals surface area (Å²) in [6.07, 6.45) is 4.32. The topological polar surface area (TPSA) is 24.5 Å². The molecule has 1 unspecified atom stereocenters. The van der Waals surface area contributed by atoms with Crippen molar-refractivity contribution in [2.24, 2.45) is 5.92 Å². The quantitative estimate of drug-likeness (QED) is 0.694. The van der Waals surface area contributed by atoms with Crippen molar-refractivity contribution in [1.29, 1.82) is 0 Å². The number of rotatable bonds is 6. The van der Waals surface area contributed by atoms with E-state index in [1.54, 1.807) is 0 Å².